The second-order valence-corrected chi connectivity index (χ2v) is 5.98. The van der Waals surface area contributed by atoms with E-state index in [1.54, 1.807) is 18.2 Å². The van der Waals surface area contributed by atoms with Crippen LogP contribution in [0.25, 0.3) is 0 Å². The predicted octanol–water partition coefficient (Wildman–Crippen LogP) is 1.61. The minimum absolute atomic E-state index is 0.103. The highest BCUT2D eigenvalue weighted by Crippen LogP contribution is 2.12. The van der Waals surface area contributed by atoms with E-state index in [0.717, 1.165) is 0 Å². The van der Waals surface area contributed by atoms with Crippen molar-refractivity contribution >= 4 is 10.0 Å². The molecule has 0 radical (unpaired) electrons. The van der Waals surface area contributed by atoms with E-state index in [9.17, 15) is 12.8 Å². The van der Waals surface area contributed by atoms with Gasteiger partial charge in [0, 0.05) is 12.7 Å². The number of hydrogen-bond donors (Lipinski definition) is 1. The molecule has 1 N–H and O–H groups in total. The first-order valence-electron chi connectivity index (χ1n) is 6.12. The zero-order chi connectivity index (χ0) is 15.3. The number of hydrogen-bond acceptors (Lipinski definition) is 4. The molecule has 0 spiro atoms. The van der Waals surface area contributed by atoms with Crippen LogP contribution in [0.15, 0.2) is 47.5 Å². The number of nitrogens with one attached hydrogen (secondary N) is 1. The predicted molar refractivity (Wildman–Crippen MR) is 74.2 cm³/mol. The van der Waals surface area contributed by atoms with Crippen LogP contribution in [0.4, 0.5) is 4.39 Å². The van der Waals surface area contributed by atoms with Crippen molar-refractivity contribution in [1.29, 1.82) is 5.26 Å². The Hall–Kier alpha value is -2.30. The summed E-state index contributed by atoms with van der Waals surface area (Å²) >= 11 is 0. The zero-order valence-electron chi connectivity index (χ0n) is 11.0. The number of pyridine rings is 1. The third-order valence-corrected chi connectivity index (χ3v) is 4.25. The Bertz CT molecular complexity index is 785. The number of nitriles is 1. The van der Waals surface area contributed by atoms with Crippen LogP contribution in [0.3, 0.4) is 0 Å². The number of rotatable bonds is 5. The highest BCUT2D eigenvalue weighted by atomic mass is 32.2. The largest absolute Gasteiger partial charge is 0.244 e. The Balaban J connectivity index is 2.07. The van der Waals surface area contributed by atoms with Crippen LogP contribution in [0.1, 0.15) is 11.3 Å². The summed E-state index contributed by atoms with van der Waals surface area (Å²) in [7, 11) is -3.81. The summed E-state index contributed by atoms with van der Waals surface area (Å²) in [6.45, 7) is 0.103. The lowest BCUT2D eigenvalue weighted by molar-refractivity contribution is 0.580. The summed E-state index contributed by atoms with van der Waals surface area (Å²) in [4.78, 5) is 3.55. The average Bonchev–Trinajstić information content (AvgIpc) is 2.47. The fourth-order valence-corrected chi connectivity index (χ4v) is 2.93. The molecule has 108 valence electrons. The van der Waals surface area contributed by atoms with Crippen LogP contribution in [-0.2, 0) is 16.4 Å². The summed E-state index contributed by atoms with van der Waals surface area (Å²) in [5.41, 5.74) is 0.528. The summed E-state index contributed by atoms with van der Waals surface area (Å²) < 4.78 is 39.6. The molecule has 0 atom stereocenters. The molecule has 0 aliphatic carbocycles. The van der Waals surface area contributed by atoms with Gasteiger partial charge >= 0.3 is 0 Å². The van der Waals surface area contributed by atoms with E-state index in [2.05, 4.69) is 9.71 Å². The van der Waals surface area contributed by atoms with E-state index in [-0.39, 0.29) is 23.0 Å². The molecular formula is C14H12FN3O2S. The Morgan fingerprint density at radius 1 is 1.29 bits per heavy atom. The monoisotopic (exact) mass is 305 g/mol. The molecule has 0 aliphatic heterocycles. The molecule has 0 fully saturated rings. The van der Waals surface area contributed by atoms with Gasteiger partial charge in [0.1, 0.15) is 16.8 Å². The van der Waals surface area contributed by atoms with Gasteiger partial charge in [-0.25, -0.2) is 22.5 Å². The molecule has 1 heterocycles. The highest BCUT2D eigenvalue weighted by molar-refractivity contribution is 7.89. The van der Waals surface area contributed by atoms with Crippen molar-refractivity contribution in [1.82, 2.24) is 9.71 Å². The van der Waals surface area contributed by atoms with Gasteiger partial charge in [0.05, 0.1) is 0 Å². The van der Waals surface area contributed by atoms with Crippen molar-refractivity contribution in [2.45, 2.75) is 11.3 Å². The molecule has 1 aromatic heterocycles. The van der Waals surface area contributed by atoms with Gasteiger partial charge in [-0.1, -0.05) is 12.1 Å². The van der Waals surface area contributed by atoms with Crippen molar-refractivity contribution in [2.24, 2.45) is 0 Å². The smallest absolute Gasteiger partial charge is 0.243 e. The summed E-state index contributed by atoms with van der Waals surface area (Å²) in [6.07, 6.45) is 1.70. The van der Waals surface area contributed by atoms with E-state index in [4.69, 9.17) is 5.26 Å². The second kappa shape index (κ2) is 6.43. The van der Waals surface area contributed by atoms with Crippen LogP contribution >= 0.6 is 0 Å². The number of sulfonamides is 1. The number of nitrogens with zero attached hydrogens (tertiary/aromatic N) is 2. The van der Waals surface area contributed by atoms with E-state index < -0.39 is 10.0 Å². The Morgan fingerprint density at radius 2 is 2.10 bits per heavy atom. The molecule has 5 nitrogen and oxygen atoms in total. The summed E-state index contributed by atoms with van der Waals surface area (Å²) in [5.74, 6) is -0.366. The molecule has 1 aromatic carbocycles. The summed E-state index contributed by atoms with van der Waals surface area (Å²) in [5, 5.41) is 8.87. The molecule has 0 unspecified atom stereocenters. The normalized spacial score (nSPS) is 11.0. The van der Waals surface area contributed by atoms with Crippen molar-refractivity contribution in [3.8, 4) is 6.07 Å². The first kappa shape index (κ1) is 15.1. The van der Waals surface area contributed by atoms with Gasteiger partial charge in [-0.3, -0.25) is 0 Å². The van der Waals surface area contributed by atoms with Crippen molar-refractivity contribution in [3.63, 3.8) is 0 Å². The molecule has 0 saturated heterocycles. The minimum atomic E-state index is -3.81. The molecule has 0 amide bonds. The van der Waals surface area contributed by atoms with Crippen LogP contribution < -0.4 is 4.72 Å². The third-order valence-electron chi connectivity index (χ3n) is 2.76. The fourth-order valence-electron chi connectivity index (χ4n) is 1.79. The van der Waals surface area contributed by atoms with Crippen LogP contribution in [0.5, 0.6) is 0 Å². The zero-order valence-corrected chi connectivity index (χ0v) is 11.8. The average molecular weight is 305 g/mol. The maximum Gasteiger partial charge on any atom is 0.243 e. The van der Waals surface area contributed by atoms with E-state index >= 15 is 0 Å². The second-order valence-electron chi connectivity index (χ2n) is 4.24. The maximum atomic E-state index is 13.0. The molecule has 0 bridgehead atoms. The lowest BCUT2D eigenvalue weighted by atomic mass is 10.1. The molecule has 2 aromatic rings. The highest BCUT2D eigenvalue weighted by Gasteiger charge is 2.18. The summed E-state index contributed by atoms with van der Waals surface area (Å²) in [6, 6.07) is 10.4. The van der Waals surface area contributed by atoms with E-state index in [0.29, 0.717) is 12.0 Å². The Morgan fingerprint density at radius 3 is 2.81 bits per heavy atom. The lowest BCUT2D eigenvalue weighted by Crippen LogP contribution is -2.27. The van der Waals surface area contributed by atoms with Crippen molar-refractivity contribution in [2.75, 3.05) is 6.54 Å². The molecule has 0 aliphatic rings. The molecule has 21 heavy (non-hydrogen) atoms. The SMILES string of the molecule is N#Cc1ncccc1S(=O)(=O)NCCc1cccc(F)c1. The van der Waals surface area contributed by atoms with Gasteiger partial charge in [0.2, 0.25) is 10.0 Å². The van der Waals surface area contributed by atoms with Crippen molar-refractivity contribution < 1.29 is 12.8 Å². The fraction of sp³-hybridized carbons (Fsp3) is 0.143. The molecule has 2 rings (SSSR count). The lowest BCUT2D eigenvalue weighted by Gasteiger charge is -2.07. The topological polar surface area (TPSA) is 82.8 Å². The Labute approximate surface area is 122 Å². The number of aromatic nitrogens is 1. The van der Waals surface area contributed by atoms with E-state index in [1.807, 2.05) is 0 Å². The van der Waals surface area contributed by atoms with Gasteiger partial charge in [-0.05, 0) is 36.2 Å². The molecule has 0 saturated carbocycles. The first-order chi connectivity index (χ1) is 10.0. The standard InChI is InChI=1S/C14H12FN3O2S/c15-12-4-1-3-11(9-12)6-8-18-21(19,20)14-5-2-7-17-13(14)10-16/h1-5,7,9,18H,6,8H2. The van der Waals surface area contributed by atoms with Gasteiger partial charge in [0.25, 0.3) is 0 Å². The maximum absolute atomic E-state index is 13.0. The first-order valence-corrected chi connectivity index (χ1v) is 7.60. The third kappa shape index (κ3) is 3.84. The van der Waals surface area contributed by atoms with E-state index in [1.165, 1.54) is 30.5 Å². The van der Waals surface area contributed by atoms with Gasteiger partial charge < -0.3 is 0 Å². The van der Waals surface area contributed by atoms with Gasteiger partial charge in [-0.15, -0.1) is 0 Å². The number of benzene rings is 1. The number of halogens is 1. The van der Waals surface area contributed by atoms with Crippen LogP contribution in [0, 0.1) is 17.1 Å². The molecular weight excluding hydrogens is 293 g/mol. The van der Waals surface area contributed by atoms with Gasteiger partial charge in [-0.2, -0.15) is 5.26 Å². The van der Waals surface area contributed by atoms with Crippen LogP contribution in [0.2, 0.25) is 0 Å². The minimum Gasteiger partial charge on any atom is -0.244 e. The molecule has 7 heteroatoms. The quantitative estimate of drug-likeness (QED) is 0.909. The Kier molecular flexibility index (Phi) is 4.62. The van der Waals surface area contributed by atoms with Crippen molar-refractivity contribution in [3.05, 3.63) is 59.7 Å². The van der Waals surface area contributed by atoms with Crippen LogP contribution in [-0.4, -0.2) is 19.9 Å². The van der Waals surface area contributed by atoms with Gasteiger partial charge in [0.15, 0.2) is 5.69 Å².